The van der Waals surface area contributed by atoms with Crippen LogP contribution in [0.25, 0.3) is 0 Å². The highest BCUT2D eigenvalue weighted by Crippen LogP contribution is 2.20. The summed E-state index contributed by atoms with van der Waals surface area (Å²) >= 11 is 0. The SMILES string of the molecule is N/C(=N/O)c1cccc(CN2CCC(CO)CC2)c1F. The van der Waals surface area contributed by atoms with Gasteiger partial charge in [-0.05, 0) is 37.9 Å². The molecule has 0 aliphatic carbocycles. The molecule has 0 atom stereocenters. The van der Waals surface area contributed by atoms with Gasteiger partial charge in [-0.1, -0.05) is 17.3 Å². The summed E-state index contributed by atoms with van der Waals surface area (Å²) in [6.45, 7) is 2.41. The van der Waals surface area contributed by atoms with Gasteiger partial charge in [-0.2, -0.15) is 0 Å². The summed E-state index contributed by atoms with van der Waals surface area (Å²) in [5.41, 5.74) is 6.11. The van der Waals surface area contributed by atoms with Crippen molar-refractivity contribution in [2.75, 3.05) is 19.7 Å². The standard InChI is InChI=1S/C14H20FN3O2/c15-13-11(2-1-3-12(13)14(16)17-20)8-18-6-4-10(9-19)5-7-18/h1-3,10,19-20H,4-9H2,(H2,16,17). The Balaban J connectivity index is 2.07. The Morgan fingerprint density at radius 3 is 2.70 bits per heavy atom. The molecule has 1 aromatic rings. The molecule has 110 valence electrons. The summed E-state index contributed by atoms with van der Waals surface area (Å²) in [7, 11) is 0. The number of halogens is 1. The monoisotopic (exact) mass is 281 g/mol. The van der Waals surface area contributed by atoms with Crippen LogP contribution in [0.2, 0.25) is 0 Å². The molecule has 1 aliphatic heterocycles. The molecule has 6 heteroatoms. The summed E-state index contributed by atoms with van der Waals surface area (Å²) < 4.78 is 14.3. The fourth-order valence-electron chi connectivity index (χ4n) is 2.52. The second-order valence-electron chi connectivity index (χ2n) is 5.17. The van der Waals surface area contributed by atoms with Gasteiger partial charge >= 0.3 is 0 Å². The number of hydrogen-bond acceptors (Lipinski definition) is 4. The number of aliphatic hydroxyl groups excluding tert-OH is 1. The van der Waals surface area contributed by atoms with E-state index in [-0.39, 0.29) is 18.0 Å². The van der Waals surface area contributed by atoms with Gasteiger partial charge in [0.25, 0.3) is 0 Å². The molecule has 1 saturated heterocycles. The van der Waals surface area contributed by atoms with Gasteiger partial charge in [0.1, 0.15) is 5.82 Å². The lowest BCUT2D eigenvalue weighted by Gasteiger charge is -2.31. The van der Waals surface area contributed by atoms with Crippen LogP contribution in [-0.2, 0) is 6.54 Å². The highest BCUT2D eigenvalue weighted by molar-refractivity contribution is 5.97. The predicted octanol–water partition coefficient (Wildman–Crippen LogP) is 1.12. The molecule has 0 saturated carbocycles. The summed E-state index contributed by atoms with van der Waals surface area (Å²) in [5, 5.41) is 20.6. The molecule has 4 N–H and O–H groups in total. The van der Waals surface area contributed by atoms with Crippen LogP contribution in [0, 0.1) is 11.7 Å². The first-order chi connectivity index (χ1) is 9.65. The highest BCUT2D eigenvalue weighted by Gasteiger charge is 2.20. The Labute approximate surface area is 117 Å². The third-order valence-electron chi connectivity index (χ3n) is 3.82. The second kappa shape index (κ2) is 6.67. The first-order valence-corrected chi connectivity index (χ1v) is 6.74. The van der Waals surface area contributed by atoms with Crippen LogP contribution >= 0.6 is 0 Å². The molecular weight excluding hydrogens is 261 g/mol. The lowest BCUT2D eigenvalue weighted by atomic mass is 9.97. The van der Waals surface area contributed by atoms with Crippen LogP contribution in [0.4, 0.5) is 4.39 Å². The molecule has 0 aromatic heterocycles. The van der Waals surface area contributed by atoms with E-state index in [1.54, 1.807) is 12.1 Å². The van der Waals surface area contributed by atoms with Crippen molar-refractivity contribution in [3.05, 3.63) is 35.1 Å². The Kier molecular flexibility index (Phi) is 4.92. The van der Waals surface area contributed by atoms with Gasteiger partial charge in [-0.25, -0.2) is 4.39 Å². The average Bonchev–Trinajstić information content (AvgIpc) is 2.49. The van der Waals surface area contributed by atoms with E-state index in [0.717, 1.165) is 25.9 Å². The van der Waals surface area contributed by atoms with Crippen molar-refractivity contribution < 1.29 is 14.7 Å². The van der Waals surface area contributed by atoms with E-state index < -0.39 is 5.82 Å². The Morgan fingerprint density at radius 2 is 2.10 bits per heavy atom. The zero-order valence-corrected chi connectivity index (χ0v) is 11.3. The molecule has 1 aromatic carbocycles. The minimum Gasteiger partial charge on any atom is -0.409 e. The van der Waals surface area contributed by atoms with Crippen molar-refractivity contribution in [3.63, 3.8) is 0 Å². The number of hydrogen-bond donors (Lipinski definition) is 3. The third kappa shape index (κ3) is 3.26. The van der Waals surface area contributed by atoms with Crippen LogP contribution in [0.3, 0.4) is 0 Å². The van der Waals surface area contributed by atoms with Crippen molar-refractivity contribution in [1.82, 2.24) is 4.90 Å². The fraction of sp³-hybridized carbons (Fsp3) is 0.500. The summed E-state index contributed by atoms with van der Waals surface area (Å²) in [6, 6.07) is 4.90. The van der Waals surface area contributed by atoms with Crippen LogP contribution in [-0.4, -0.2) is 40.7 Å². The largest absolute Gasteiger partial charge is 0.409 e. The maximum absolute atomic E-state index is 14.3. The normalized spacial score (nSPS) is 18.4. The smallest absolute Gasteiger partial charge is 0.173 e. The highest BCUT2D eigenvalue weighted by atomic mass is 19.1. The van der Waals surface area contributed by atoms with Crippen LogP contribution < -0.4 is 5.73 Å². The zero-order valence-electron chi connectivity index (χ0n) is 11.3. The van der Waals surface area contributed by atoms with E-state index >= 15 is 0 Å². The number of amidine groups is 1. The molecular formula is C14H20FN3O2. The Hall–Kier alpha value is -1.66. The summed E-state index contributed by atoms with van der Waals surface area (Å²) in [5.74, 6) is -0.296. The minimum atomic E-state index is -0.438. The van der Waals surface area contributed by atoms with Crippen molar-refractivity contribution in [3.8, 4) is 0 Å². The van der Waals surface area contributed by atoms with Crippen LogP contribution in [0.1, 0.15) is 24.0 Å². The number of benzene rings is 1. The third-order valence-corrected chi connectivity index (χ3v) is 3.82. The van der Waals surface area contributed by atoms with Gasteiger partial charge in [-0.15, -0.1) is 0 Å². The van der Waals surface area contributed by atoms with Crippen LogP contribution in [0.5, 0.6) is 0 Å². The average molecular weight is 281 g/mol. The van der Waals surface area contributed by atoms with E-state index in [1.165, 1.54) is 6.07 Å². The molecule has 0 unspecified atom stereocenters. The van der Waals surface area contributed by atoms with E-state index in [0.29, 0.717) is 18.0 Å². The van der Waals surface area contributed by atoms with Gasteiger partial charge < -0.3 is 16.0 Å². The number of likely N-dealkylation sites (tertiary alicyclic amines) is 1. The van der Waals surface area contributed by atoms with E-state index in [2.05, 4.69) is 10.1 Å². The maximum atomic E-state index is 14.3. The molecule has 5 nitrogen and oxygen atoms in total. The number of oxime groups is 1. The Bertz CT molecular complexity index is 485. The minimum absolute atomic E-state index is 0.121. The van der Waals surface area contributed by atoms with Gasteiger partial charge in [-0.3, -0.25) is 4.90 Å². The number of nitrogens with two attached hydrogens (primary N) is 1. The van der Waals surface area contributed by atoms with E-state index in [4.69, 9.17) is 16.0 Å². The number of aliphatic hydroxyl groups is 1. The van der Waals surface area contributed by atoms with Crippen molar-refractivity contribution in [1.29, 1.82) is 0 Å². The first kappa shape index (κ1) is 14.7. The maximum Gasteiger partial charge on any atom is 0.173 e. The molecule has 1 fully saturated rings. The van der Waals surface area contributed by atoms with Crippen molar-refractivity contribution in [2.45, 2.75) is 19.4 Å². The van der Waals surface area contributed by atoms with E-state index in [1.807, 2.05) is 0 Å². The topological polar surface area (TPSA) is 82.1 Å². The van der Waals surface area contributed by atoms with Gasteiger partial charge in [0, 0.05) is 18.7 Å². The first-order valence-electron chi connectivity index (χ1n) is 6.74. The summed E-state index contributed by atoms with van der Waals surface area (Å²) in [6.07, 6.45) is 1.86. The molecule has 1 heterocycles. The molecule has 1 aliphatic rings. The Morgan fingerprint density at radius 1 is 1.40 bits per heavy atom. The van der Waals surface area contributed by atoms with Gasteiger partial charge in [0.2, 0.25) is 0 Å². The number of rotatable bonds is 4. The summed E-state index contributed by atoms with van der Waals surface area (Å²) in [4.78, 5) is 2.15. The molecule has 0 spiro atoms. The molecule has 0 amide bonds. The molecule has 20 heavy (non-hydrogen) atoms. The second-order valence-corrected chi connectivity index (χ2v) is 5.17. The quantitative estimate of drug-likeness (QED) is 0.334. The number of nitrogens with zero attached hydrogens (tertiary/aromatic N) is 2. The number of piperidine rings is 1. The molecule has 0 bridgehead atoms. The predicted molar refractivity (Wildman–Crippen MR) is 74.0 cm³/mol. The molecule has 0 radical (unpaired) electrons. The fourth-order valence-corrected chi connectivity index (χ4v) is 2.52. The van der Waals surface area contributed by atoms with Crippen LogP contribution in [0.15, 0.2) is 23.4 Å². The molecule has 2 rings (SSSR count). The van der Waals surface area contributed by atoms with E-state index in [9.17, 15) is 4.39 Å². The zero-order chi connectivity index (χ0) is 14.5. The van der Waals surface area contributed by atoms with Crippen molar-refractivity contribution in [2.24, 2.45) is 16.8 Å². The van der Waals surface area contributed by atoms with Gasteiger partial charge in [0.15, 0.2) is 5.84 Å². The van der Waals surface area contributed by atoms with Gasteiger partial charge in [0.05, 0.1) is 5.56 Å². The van der Waals surface area contributed by atoms with Crippen molar-refractivity contribution >= 4 is 5.84 Å². The lowest BCUT2D eigenvalue weighted by Crippen LogP contribution is -2.34. The lowest BCUT2D eigenvalue weighted by molar-refractivity contribution is 0.126.